The summed E-state index contributed by atoms with van der Waals surface area (Å²) in [6, 6.07) is 1.85. The second kappa shape index (κ2) is 5.16. The predicted molar refractivity (Wildman–Crippen MR) is 69.5 cm³/mol. The molecule has 0 radical (unpaired) electrons. The quantitative estimate of drug-likeness (QED) is 0.824. The van der Waals surface area contributed by atoms with Crippen LogP contribution in [0, 0.1) is 13.8 Å². The van der Waals surface area contributed by atoms with Gasteiger partial charge in [-0.05, 0) is 26.3 Å². The van der Waals surface area contributed by atoms with Gasteiger partial charge in [-0.2, -0.15) is 9.97 Å². The Hall–Kier alpha value is -2.02. The average Bonchev–Trinajstić information content (AvgIpc) is 3.04. The van der Waals surface area contributed by atoms with Gasteiger partial charge in [0.1, 0.15) is 6.54 Å². The van der Waals surface area contributed by atoms with E-state index in [9.17, 15) is 4.79 Å². The molecule has 2 aromatic rings. The molecule has 1 aliphatic rings. The Morgan fingerprint density at radius 3 is 2.95 bits per heavy atom. The molecule has 0 unspecified atom stereocenters. The molecule has 20 heavy (non-hydrogen) atoms. The van der Waals surface area contributed by atoms with Crippen molar-refractivity contribution in [1.29, 1.82) is 0 Å². The van der Waals surface area contributed by atoms with E-state index in [0.717, 1.165) is 18.7 Å². The zero-order chi connectivity index (χ0) is 14.1. The fraction of sp³-hybridized carbons (Fsp3) is 0.538. The number of ether oxygens (including phenoxy) is 1. The van der Waals surface area contributed by atoms with Gasteiger partial charge in [0.2, 0.25) is 5.89 Å². The first kappa shape index (κ1) is 13.0. The molecule has 0 N–H and O–H groups in total. The van der Waals surface area contributed by atoms with E-state index in [2.05, 4.69) is 15.1 Å². The molecule has 0 aliphatic carbocycles. The van der Waals surface area contributed by atoms with Crippen LogP contribution in [-0.4, -0.2) is 32.9 Å². The summed E-state index contributed by atoms with van der Waals surface area (Å²) in [5.41, 5.74) is 1.23. The van der Waals surface area contributed by atoms with Gasteiger partial charge in [-0.3, -0.25) is 4.57 Å². The lowest BCUT2D eigenvalue weighted by atomic mass is 10.1. The van der Waals surface area contributed by atoms with E-state index in [1.54, 1.807) is 6.92 Å². The van der Waals surface area contributed by atoms with E-state index >= 15 is 0 Å². The molecular formula is C13H16N4O3. The van der Waals surface area contributed by atoms with Gasteiger partial charge in [-0.1, -0.05) is 5.16 Å². The average molecular weight is 276 g/mol. The van der Waals surface area contributed by atoms with E-state index in [-0.39, 0.29) is 18.2 Å². The molecule has 2 aromatic heterocycles. The first-order valence-electron chi connectivity index (χ1n) is 6.59. The smallest absolute Gasteiger partial charge is 0.348 e. The third kappa shape index (κ3) is 2.49. The van der Waals surface area contributed by atoms with Crippen molar-refractivity contribution >= 4 is 0 Å². The molecule has 0 saturated carbocycles. The molecule has 3 rings (SSSR count). The van der Waals surface area contributed by atoms with Crippen LogP contribution in [0.25, 0.3) is 0 Å². The Bertz CT molecular complexity index is 670. The Kier molecular flexibility index (Phi) is 3.35. The topological polar surface area (TPSA) is 83.0 Å². The second-order valence-corrected chi connectivity index (χ2v) is 5.01. The minimum Gasteiger partial charge on any atom is -0.381 e. The van der Waals surface area contributed by atoms with Crippen LogP contribution in [0.5, 0.6) is 0 Å². The van der Waals surface area contributed by atoms with Crippen molar-refractivity contribution in [2.45, 2.75) is 32.7 Å². The normalized spacial score (nSPS) is 18.6. The summed E-state index contributed by atoms with van der Waals surface area (Å²) >= 11 is 0. The van der Waals surface area contributed by atoms with Crippen molar-refractivity contribution in [2.75, 3.05) is 13.2 Å². The summed E-state index contributed by atoms with van der Waals surface area (Å²) in [4.78, 5) is 20.1. The van der Waals surface area contributed by atoms with Gasteiger partial charge in [0.05, 0.1) is 6.61 Å². The summed E-state index contributed by atoms with van der Waals surface area (Å²) in [7, 11) is 0. The van der Waals surface area contributed by atoms with Crippen molar-refractivity contribution in [3.8, 4) is 0 Å². The molecule has 0 aromatic carbocycles. The van der Waals surface area contributed by atoms with Crippen molar-refractivity contribution < 1.29 is 9.26 Å². The molecule has 3 heterocycles. The molecule has 106 valence electrons. The molecule has 1 atom stereocenters. The molecule has 1 aliphatic heterocycles. The Morgan fingerprint density at radius 2 is 2.25 bits per heavy atom. The standard InChI is InChI=1S/C13H16N4O3/c1-8-5-9(2)17(13(18)14-8)6-11-15-12(16-20-11)10-3-4-19-7-10/h5,10H,3-4,6-7H2,1-2H3/t10-/m1/s1. The largest absolute Gasteiger partial charge is 0.381 e. The van der Waals surface area contributed by atoms with Gasteiger partial charge in [0.25, 0.3) is 0 Å². The van der Waals surface area contributed by atoms with E-state index in [1.807, 2.05) is 13.0 Å². The highest BCUT2D eigenvalue weighted by Crippen LogP contribution is 2.22. The molecule has 0 spiro atoms. The number of rotatable bonds is 3. The number of hydrogen-bond acceptors (Lipinski definition) is 6. The molecule has 7 nitrogen and oxygen atoms in total. The van der Waals surface area contributed by atoms with E-state index in [4.69, 9.17) is 9.26 Å². The van der Waals surface area contributed by atoms with Crippen LogP contribution in [0.15, 0.2) is 15.4 Å². The lowest BCUT2D eigenvalue weighted by molar-refractivity contribution is 0.192. The van der Waals surface area contributed by atoms with Gasteiger partial charge in [-0.25, -0.2) is 4.79 Å². The minimum absolute atomic E-state index is 0.196. The third-order valence-electron chi connectivity index (χ3n) is 3.42. The van der Waals surface area contributed by atoms with Gasteiger partial charge in [0, 0.05) is 23.9 Å². The first-order valence-corrected chi connectivity index (χ1v) is 6.59. The van der Waals surface area contributed by atoms with Crippen molar-refractivity contribution in [3.05, 3.63) is 39.7 Å². The maximum Gasteiger partial charge on any atom is 0.348 e. The van der Waals surface area contributed by atoms with Crippen LogP contribution in [-0.2, 0) is 11.3 Å². The van der Waals surface area contributed by atoms with E-state index < -0.39 is 0 Å². The minimum atomic E-state index is -0.300. The predicted octanol–water partition coefficient (Wildman–Crippen LogP) is 0.795. The Morgan fingerprint density at radius 1 is 1.40 bits per heavy atom. The van der Waals surface area contributed by atoms with E-state index in [1.165, 1.54) is 4.57 Å². The van der Waals surface area contributed by atoms with Crippen LogP contribution in [0.1, 0.15) is 35.4 Å². The Labute approximate surface area is 115 Å². The molecular weight excluding hydrogens is 260 g/mol. The number of aryl methyl sites for hydroxylation is 2. The van der Waals surface area contributed by atoms with Crippen LogP contribution in [0.3, 0.4) is 0 Å². The monoisotopic (exact) mass is 276 g/mol. The lowest BCUT2D eigenvalue weighted by Gasteiger charge is -2.06. The maximum absolute atomic E-state index is 11.9. The van der Waals surface area contributed by atoms with E-state index in [0.29, 0.717) is 24.0 Å². The summed E-state index contributed by atoms with van der Waals surface area (Å²) < 4.78 is 12.0. The number of hydrogen-bond donors (Lipinski definition) is 0. The maximum atomic E-state index is 11.9. The zero-order valence-corrected chi connectivity index (χ0v) is 11.5. The summed E-state index contributed by atoms with van der Waals surface area (Å²) in [6.07, 6.45) is 0.907. The van der Waals surface area contributed by atoms with Crippen LogP contribution < -0.4 is 5.69 Å². The van der Waals surface area contributed by atoms with Gasteiger partial charge >= 0.3 is 5.69 Å². The summed E-state index contributed by atoms with van der Waals surface area (Å²) in [5, 5.41) is 3.97. The van der Waals surface area contributed by atoms with Gasteiger partial charge < -0.3 is 9.26 Å². The highest BCUT2D eigenvalue weighted by atomic mass is 16.5. The van der Waals surface area contributed by atoms with Crippen molar-refractivity contribution in [1.82, 2.24) is 19.7 Å². The van der Waals surface area contributed by atoms with Crippen LogP contribution >= 0.6 is 0 Å². The van der Waals surface area contributed by atoms with Crippen molar-refractivity contribution in [3.63, 3.8) is 0 Å². The van der Waals surface area contributed by atoms with Crippen LogP contribution in [0.2, 0.25) is 0 Å². The first-order chi connectivity index (χ1) is 9.63. The lowest BCUT2D eigenvalue weighted by Crippen LogP contribution is -2.26. The zero-order valence-electron chi connectivity index (χ0n) is 11.5. The fourth-order valence-corrected chi connectivity index (χ4v) is 2.34. The molecule has 1 saturated heterocycles. The highest BCUT2D eigenvalue weighted by Gasteiger charge is 2.23. The van der Waals surface area contributed by atoms with Crippen LogP contribution in [0.4, 0.5) is 0 Å². The third-order valence-corrected chi connectivity index (χ3v) is 3.42. The molecule has 7 heteroatoms. The van der Waals surface area contributed by atoms with Gasteiger partial charge in [0.15, 0.2) is 5.82 Å². The Balaban J connectivity index is 1.83. The second-order valence-electron chi connectivity index (χ2n) is 5.01. The summed E-state index contributed by atoms with van der Waals surface area (Å²) in [5.74, 6) is 1.27. The van der Waals surface area contributed by atoms with Gasteiger partial charge in [-0.15, -0.1) is 0 Å². The number of nitrogens with zero attached hydrogens (tertiary/aromatic N) is 4. The highest BCUT2D eigenvalue weighted by molar-refractivity contribution is 5.08. The van der Waals surface area contributed by atoms with Crippen molar-refractivity contribution in [2.24, 2.45) is 0 Å². The fourth-order valence-electron chi connectivity index (χ4n) is 2.34. The molecule has 0 amide bonds. The SMILES string of the molecule is Cc1cc(C)n(Cc2nc([C@@H]3CCOC3)no2)c(=O)n1. The number of aromatic nitrogens is 4. The molecule has 1 fully saturated rings. The summed E-state index contributed by atoms with van der Waals surface area (Å²) in [6.45, 7) is 5.26. The molecule has 0 bridgehead atoms.